The van der Waals surface area contributed by atoms with E-state index in [2.05, 4.69) is 15.8 Å². The second-order valence-electron chi connectivity index (χ2n) is 2.76. The van der Waals surface area contributed by atoms with Crippen LogP contribution in [0.2, 0.25) is 0 Å². The van der Waals surface area contributed by atoms with Gasteiger partial charge in [0.25, 0.3) is 0 Å². The molecule has 0 unspecified atom stereocenters. The van der Waals surface area contributed by atoms with E-state index in [1.807, 2.05) is 0 Å². The van der Waals surface area contributed by atoms with Gasteiger partial charge in [0.2, 0.25) is 0 Å². The largest absolute Gasteiger partial charge is 0.464 e. The maximum absolute atomic E-state index is 11.2. The molecule has 0 bridgehead atoms. The van der Waals surface area contributed by atoms with Crippen LogP contribution in [0.1, 0.15) is 20.8 Å². The average molecular weight is 173 g/mol. The summed E-state index contributed by atoms with van der Waals surface area (Å²) in [6, 6.07) is 0. The lowest BCUT2D eigenvalue weighted by Crippen LogP contribution is -2.44. The third kappa shape index (κ3) is 3.32. The summed E-state index contributed by atoms with van der Waals surface area (Å²) in [6.07, 6.45) is 0. The minimum absolute atomic E-state index is 0.336. The number of rotatable bonds is 4. The van der Waals surface area contributed by atoms with Crippen LogP contribution in [0.15, 0.2) is 10.3 Å². The molecule has 70 valence electrons. The monoisotopic (exact) mass is 173 g/mol. The van der Waals surface area contributed by atoms with Crippen molar-refractivity contribution in [3.05, 3.63) is 0 Å². The summed E-state index contributed by atoms with van der Waals surface area (Å²) in [6.45, 7) is 5.49. The lowest BCUT2D eigenvalue weighted by molar-refractivity contribution is -0.149. The average Bonchev–Trinajstić information content (AvgIpc) is 2.01. The minimum Gasteiger partial charge on any atom is -0.464 e. The van der Waals surface area contributed by atoms with Gasteiger partial charge in [0, 0.05) is 0 Å². The molecule has 0 saturated carbocycles. The Morgan fingerprint density at radius 1 is 1.58 bits per heavy atom. The SMILES string of the molecule is CCOC(=O)C(C)(C)NN=NC. The molecule has 0 saturated heterocycles. The number of hydrogen-bond acceptors (Lipinski definition) is 4. The molecule has 0 rings (SSSR count). The van der Waals surface area contributed by atoms with Gasteiger partial charge in [-0.05, 0) is 20.8 Å². The van der Waals surface area contributed by atoms with Crippen LogP contribution in [0.3, 0.4) is 0 Å². The highest BCUT2D eigenvalue weighted by atomic mass is 16.5. The van der Waals surface area contributed by atoms with E-state index in [0.29, 0.717) is 6.61 Å². The molecule has 0 radical (unpaired) electrons. The van der Waals surface area contributed by atoms with E-state index >= 15 is 0 Å². The summed E-state index contributed by atoms with van der Waals surface area (Å²) in [5, 5.41) is 6.99. The quantitative estimate of drug-likeness (QED) is 0.390. The van der Waals surface area contributed by atoms with Gasteiger partial charge >= 0.3 is 5.97 Å². The normalized spacial score (nSPS) is 11.7. The molecule has 0 heterocycles. The topological polar surface area (TPSA) is 63.0 Å². The number of hydrogen-bond donors (Lipinski definition) is 1. The van der Waals surface area contributed by atoms with E-state index in [1.165, 1.54) is 7.05 Å². The maximum atomic E-state index is 11.2. The number of nitrogens with one attached hydrogen (secondary N) is 1. The van der Waals surface area contributed by atoms with Crippen LogP contribution in [-0.4, -0.2) is 25.2 Å². The van der Waals surface area contributed by atoms with Gasteiger partial charge in [-0.15, -0.1) is 0 Å². The number of nitrogens with zero attached hydrogens (tertiary/aromatic N) is 2. The Balaban J connectivity index is 4.08. The van der Waals surface area contributed by atoms with Gasteiger partial charge in [-0.3, -0.25) is 5.43 Å². The molecule has 0 amide bonds. The molecule has 0 aliphatic rings. The molecule has 0 aromatic carbocycles. The van der Waals surface area contributed by atoms with Crippen molar-refractivity contribution in [3.63, 3.8) is 0 Å². The fourth-order valence-electron chi connectivity index (χ4n) is 0.532. The first kappa shape index (κ1) is 10.9. The predicted molar refractivity (Wildman–Crippen MR) is 44.6 cm³/mol. The molecular weight excluding hydrogens is 158 g/mol. The molecule has 5 nitrogen and oxygen atoms in total. The van der Waals surface area contributed by atoms with E-state index < -0.39 is 5.54 Å². The second-order valence-corrected chi connectivity index (χ2v) is 2.76. The molecule has 0 spiro atoms. The van der Waals surface area contributed by atoms with Crippen LogP contribution >= 0.6 is 0 Å². The first-order chi connectivity index (χ1) is 5.54. The fourth-order valence-corrected chi connectivity index (χ4v) is 0.532. The molecular formula is C7H15N3O2. The van der Waals surface area contributed by atoms with Gasteiger partial charge in [0.1, 0.15) is 5.54 Å². The number of carbonyl (C=O) groups is 1. The summed E-state index contributed by atoms with van der Waals surface area (Å²) in [7, 11) is 1.52. The Morgan fingerprint density at radius 3 is 2.58 bits per heavy atom. The minimum atomic E-state index is -0.810. The third-order valence-corrected chi connectivity index (χ3v) is 1.22. The molecule has 5 heteroatoms. The van der Waals surface area contributed by atoms with Gasteiger partial charge < -0.3 is 4.74 Å². The van der Waals surface area contributed by atoms with Gasteiger partial charge in [-0.25, -0.2) is 4.79 Å². The lowest BCUT2D eigenvalue weighted by atomic mass is 10.1. The first-order valence-corrected chi connectivity index (χ1v) is 3.77. The van der Waals surface area contributed by atoms with Gasteiger partial charge in [0.15, 0.2) is 0 Å². The molecule has 1 N–H and O–H groups in total. The summed E-state index contributed by atoms with van der Waals surface area (Å²) < 4.78 is 4.80. The summed E-state index contributed by atoms with van der Waals surface area (Å²) in [5.74, 6) is -0.336. The first-order valence-electron chi connectivity index (χ1n) is 3.77. The van der Waals surface area contributed by atoms with Crippen molar-refractivity contribution in [3.8, 4) is 0 Å². The molecule has 0 atom stereocenters. The van der Waals surface area contributed by atoms with Crippen LogP contribution in [0.4, 0.5) is 0 Å². The maximum Gasteiger partial charge on any atom is 0.332 e. The predicted octanol–water partition coefficient (Wildman–Crippen LogP) is 0.915. The standard InChI is InChI=1S/C7H15N3O2/c1-5-12-6(11)7(2,3)9-10-8-4/h5H2,1-4H3,(H,8,9). The summed E-state index contributed by atoms with van der Waals surface area (Å²) in [4.78, 5) is 11.2. The van der Waals surface area contributed by atoms with Gasteiger partial charge in [0.05, 0.1) is 13.7 Å². The highest BCUT2D eigenvalue weighted by molar-refractivity contribution is 5.79. The van der Waals surface area contributed by atoms with E-state index in [1.54, 1.807) is 20.8 Å². The highest BCUT2D eigenvalue weighted by Crippen LogP contribution is 2.04. The van der Waals surface area contributed by atoms with Crippen molar-refractivity contribution in [2.75, 3.05) is 13.7 Å². The zero-order valence-electron chi connectivity index (χ0n) is 7.92. The summed E-state index contributed by atoms with van der Waals surface area (Å²) in [5.41, 5.74) is 1.77. The van der Waals surface area contributed by atoms with Crippen LogP contribution < -0.4 is 5.43 Å². The molecule has 0 aromatic rings. The van der Waals surface area contributed by atoms with E-state index in [-0.39, 0.29) is 5.97 Å². The van der Waals surface area contributed by atoms with Crippen molar-refractivity contribution in [1.29, 1.82) is 0 Å². The van der Waals surface area contributed by atoms with E-state index in [4.69, 9.17) is 4.74 Å². The Kier molecular flexibility index (Phi) is 4.25. The number of esters is 1. The van der Waals surface area contributed by atoms with Crippen LogP contribution in [-0.2, 0) is 9.53 Å². The zero-order valence-corrected chi connectivity index (χ0v) is 7.92. The number of carbonyl (C=O) groups excluding carboxylic acids is 1. The number of ether oxygens (including phenoxy) is 1. The Bertz CT molecular complexity index is 177. The Labute approximate surface area is 72.2 Å². The Hall–Kier alpha value is -1.13. The van der Waals surface area contributed by atoms with Gasteiger partial charge in [-0.1, -0.05) is 5.22 Å². The van der Waals surface area contributed by atoms with Gasteiger partial charge in [-0.2, -0.15) is 5.11 Å². The molecule has 0 aliphatic heterocycles. The second kappa shape index (κ2) is 4.69. The van der Waals surface area contributed by atoms with Crippen molar-refractivity contribution in [2.24, 2.45) is 10.3 Å². The fraction of sp³-hybridized carbons (Fsp3) is 0.857. The van der Waals surface area contributed by atoms with E-state index in [0.717, 1.165) is 0 Å². The molecule has 0 aromatic heterocycles. The van der Waals surface area contributed by atoms with E-state index in [9.17, 15) is 4.79 Å². The summed E-state index contributed by atoms with van der Waals surface area (Å²) >= 11 is 0. The van der Waals surface area contributed by atoms with Crippen LogP contribution in [0.25, 0.3) is 0 Å². The zero-order chi connectivity index (χ0) is 9.61. The highest BCUT2D eigenvalue weighted by Gasteiger charge is 2.28. The van der Waals surface area contributed by atoms with Crippen molar-refractivity contribution in [1.82, 2.24) is 5.43 Å². The Morgan fingerprint density at radius 2 is 2.17 bits per heavy atom. The molecule has 0 fully saturated rings. The van der Waals surface area contributed by atoms with Crippen LogP contribution in [0.5, 0.6) is 0 Å². The third-order valence-electron chi connectivity index (χ3n) is 1.22. The van der Waals surface area contributed by atoms with Crippen molar-refractivity contribution < 1.29 is 9.53 Å². The molecule has 12 heavy (non-hydrogen) atoms. The molecule has 0 aliphatic carbocycles. The van der Waals surface area contributed by atoms with Crippen LogP contribution in [0, 0.1) is 0 Å². The lowest BCUT2D eigenvalue weighted by Gasteiger charge is -2.20. The van der Waals surface area contributed by atoms with Crippen molar-refractivity contribution in [2.45, 2.75) is 26.3 Å². The smallest absolute Gasteiger partial charge is 0.332 e. The van der Waals surface area contributed by atoms with Crippen molar-refractivity contribution >= 4 is 5.97 Å².